The van der Waals surface area contributed by atoms with Gasteiger partial charge in [-0.15, -0.1) is 0 Å². The predicted molar refractivity (Wildman–Crippen MR) is 73.0 cm³/mol. The number of phenolic OH excluding ortho intramolecular Hbond substituents is 1. The summed E-state index contributed by atoms with van der Waals surface area (Å²) in [4.78, 5) is 0. The van der Waals surface area contributed by atoms with Crippen LogP contribution in [0.3, 0.4) is 0 Å². The summed E-state index contributed by atoms with van der Waals surface area (Å²) in [6.45, 7) is 3.80. The molecular weight excluding hydrogens is 255 g/mol. The van der Waals surface area contributed by atoms with Crippen molar-refractivity contribution in [3.05, 3.63) is 51.5 Å². The molecule has 3 heteroatoms. The standard InChI is InChI=1S/C14H12Cl2O/c1-8-7-11(14(16)9(2)13(8)15)10-5-3-4-6-12(10)17/h3-7,17H,1-2H3. The Kier molecular flexibility index (Phi) is 3.32. The zero-order valence-electron chi connectivity index (χ0n) is 9.59. The highest BCUT2D eigenvalue weighted by Gasteiger charge is 2.13. The molecular formula is C14H12Cl2O. The van der Waals surface area contributed by atoms with Gasteiger partial charge in [0.25, 0.3) is 0 Å². The van der Waals surface area contributed by atoms with Gasteiger partial charge in [-0.05, 0) is 37.1 Å². The lowest BCUT2D eigenvalue weighted by Crippen LogP contribution is -1.89. The van der Waals surface area contributed by atoms with Crippen LogP contribution in [-0.2, 0) is 0 Å². The fraction of sp³-hybridized carbons (Fsp3) is 0.143. The number of phenols is 1. The average Bonchev–Trinajstić information content (AvgIpc) is 2.32. The first-order valence-electron chi connectivity index (χ1n) is 5.26. The van der Waals surface area contributed by atoms with Gasteiger partial charge < -0.3 is 5.11 Å². The van der Waals surface area contributed by atoms with Gasteiger partial charge in [-0.3, -0.25) is 0 Å². The van der Waals surface area contributed by atoms with E-state index in [0.29, 0.717) is 10.0 Å². The van der Waals surface area contributed by atoms with Gasteiger partial charge in [0.15, 0.2) is 0 Å². The molecule has 0 aromatic heterocycles. The summed E-state index contributed by atoms with van der Waals surface area (Å²) >= 11 is 12.4. The van der Waals surface area contributed by atoms with Crippen LogP contribution in [0.2, 0.25) is 10.0 Å². The van der Waals surface area contributed by atoms with E-state index in [1.807, 2.05) is 32.0 Å². The lowest BCUT2D eigenvalue weighted by molar-refractivity contribution is 0.477. The van der Waals surface area contributed by atoms with Gasteiger partial charge in [-0.2, -0.15) is 0 Å². The summed E-state index contributed by atoms with van der Waals surface area (Å²) < 4.78 is 0. The highest BCUT2D eigenvalue weighted by Crippen LogP contribution is 2.39. The van der Waals surface area contributed by atoms with Gasteiger partial charge in [-0.1, -0.05) is 41.4 Å². The number of para-hydroxylation sites is 1. The number of aryl methyl sites for hydroxylation is 1. The molecule has 0 spiro atoms. The van der Waals surface area contributed by atoms with Crippen molar-refractivity contribution in [3.8, 4) is 16.9 Å². The Balaban J connectivity index is 2.73. The van der Waals surface area contributed by atoms with E-state index in [0.717, 1.165) is 22.3 Å². The van der Waals surface area contributed by atoms with Crippen LogP contribution in [0.1, 0.15) is 11.1 Å². The van der Waals surface area contributed by atoms with Gasteiger partial charge >= 0.3 is 0 Å². The zero-order valence-corrected chi connectivity index (χ0v) is 11.1. The monoisotopic (exact) mass is 266 g/mol. The largest absolute Gasteiger partial charge is 0.507 e. The quantitative estimate of drug-likeness (QED) is 0.772. The normalized spacial score (nSPS) is 10.6. The van der Waals surface area contributed by atoms with E-state index in [4.69, 9.17) is 23.2 Å². The number of hydrogen-bond donors (Lipinski definition) is 1. The summed E-state index contributed by atoms with van der Waals surface area (Å²) in [5.74, 6) is 0.218. The first-order valence-corrected chi connectivity index (χ1v) is 6.01. The molecule has 0 radical (unpaired) electrons. The Morgan fingerprint density at radius 2 is 1.59 bits per heavy atom. The molecule has 0 aliphatic heterocycles. The SMILES string of the molecule is Cc1cc(-c2ccccc2O)c(Cl)c(C)c1Cl. The lowest BCUT2D eigenvalue weighted by Gasteiger charge is -2.12. The molecule has 0 bridgehead atoms. The molecule has 0 fully saturated rings. The highest BCUT2D eigenvalue weighted by atomic mass is 35.5. The first-order chi connectivity index (χ1) is 8.02. The molecule has 2 rings (SSSR count). The van der Waals surface area contributed by atoms with Crippen LogP contribution >= 0.6 is 23.2 Å². The van der Waals surface area contributed by atoms with Crippen LogP contribution in [-0.4, -0.2) is 5.11 Å². The molecule has 0 aliphatic rings. The van der Waals surface area contributed by atoms with E-state index in [1.165, 1.54) is 0 Å². The summed E-state index contributed by atoms with van der Waals surface area (Å²) in [6.07, 6.45) is 0. The van der Waals surface area contributed by atoms with Crippen molar-refractivity contribution in [1.82, 2.24) is 0 Å². The molecule has 0 heterocycles. The average molecular weight is 267 g/mol. The molecule has 17 heavy (non-hydrogen) atoms. The van der Waals surface area contributed by atoms with E-state index < -0.39 is 0 Å². The fourth-order valence-electron chi connectivity index (χ4n) is 1.83. The van der Waals surface area contributed by atoms with Gasteiger partial charge in [0.1, 0.15) is 5.75 Å². The molecule has 0 aliphatic carbocycles. The zero-order chi connectivity index (χ0) is 12.6. The Bertz CT molecular complexity index is 577. The van der Waals surface area contributed by atoms with Crippen molar-refractivity contribution in [2.75, 3.05) is 0 Å². The molecule has 2 aromatic rings. The maximum absolute atomic E-state index is 9.85. The third-order valence-electron chi connectivity index (χ3n) is 2.80. The van der Waals surface area contributed by atoms with Crippen molar-refractivity contribution >= 4 is 23.2 Å². The smallest absolute Gasteiger partial charge is 0.123 e. The third kappa shape index (κ3) is 2.13. The van der Waals surface area contributed by atoms with Crippen LogP contribution in [0.15, 0.2) is 30.3 Å². The minimum atomic E-state index is 0.218. The van der Waals surface area contributed by atoms with Crippen molar-refractivity contribution in [1.29, 1.82) is 0 Å². The summed E-state index contributed by atoms with van der Waals surface area (Å²) in [6, 6.07) is 9.02. The molecule has 0 amide bonds. The Morgan fingerprint density at radius 1 is 0.941 bits per heavy atom. The molecule has 1 N–H and O–H groups in total. The minimum Gasteiger partial charge on any atom is -0.507 e. The molecule has 0 saturated carbocycles. The first kappa shape index (κ1) is 12.3. The second-order valence-electron chi connectivity index (χ2n) is 4.01. The van der Waals surface area contributed by atoms with Crippen molar-refractivity contribution in [2.24, 2.45) is 0 Å². The number of aromatic hydroxyl groups is 1. The van der Waals surface area contributed by atoms with E-state index in [-0.39, 0.29) is 5.75 Å². The van der Waals surface area contributed by atoms with E-state index in [2.05, 4.69) is 0 Å². The predicted octanol–water partition coefficient (Wildman–Crippen LogP) is 4.98. The van der Waals surface area contributed by atoms with Crippen LogP contribution in [0, 0.1) is 13.8 Å². The second-order valence-corrected chi connectivity index (χ2v) is 4.77. The van der Waals surface area contributed by atoms with Gasteiger partial charge in [0, 0.05) is 16.1 Å². The van der Waals surface area contributed by atoms with Gasteiger partial charge in [-0.25, -0.2) is 0 Å². The number of halogens is 2. The lowest BCUT2D eigenvalue weighted by atomic mass is 9.99. The minimum absolute atomic E-state index is 0.218. The van der Waals surface area contributed by atoms with Gasteiger partial charge in [0.05, 0.1) is 5.02 Å². The summed E-state index contributed by atoms with van der Waals surface area (Å²) in [5.41, 5.74) is 3.32. The number of hydrogen-bond acceptors (Lipinski definition) is 1. The molecule has 88 valence electrons. The van der Waals surface area contributed by atoms with E-state index >= 15 is 0 Å². The summed E-state index contributed by atoms with van der Waals surface area (Å²) in [5, 5.41) is 11.1. The number of rotatable bonds is 1. The van der Waals surface area contributed by atoms with Gasteiger partial charge in [0.2, 0.25) is 0 Å². The van der Waals surface area contributed by atoms with Crippen molar-refractivity contribution < 1.29 is 5.11 Å². The molecule has 0 saturated heterocycles. The van der Waals surface area contributed by atoms with Crippen molar-refractivity contribution in [2.45, 2.75) is 13.8 Å². The topological polar surface area (TPSA) is 20.2 Å². The maximum Gasteiger partial charge on any atom is 0.123 e. The summed E-state index contributed by atoms with van der Waals surface area (Å²) in [7, 11) is 0. The Labute approximate surface area is 111 Å². The third-order valence-corrected chi connectivity index (χ3v) is 3.86. The molecule has 1 nitrogen and oxygen atoms in total. The highest BCUT2D eigenvalue weighted by molar-refractivity contribution is 6.38. The van der Waals surface area contributed by atoms with Crippen LogP contribution < -0.4 is 0 Å². The second kappa shape index (κ2) is 4.59. The van der Waals surface area contributed by atoms with E-state index in [9.17, 15) is 5.11 Å². The Hall–Kier alpha value is -1.18. The van der Waals surface area contributed by atoms with Crippen LogP contribution in [0.25, 0.3) is 11.1 Å². The van der Waals surface area contributed by atoms with Crippen LogP contribution in [0.4, 0.5) is 0 Å². The fourth-order valence-corrected chi connectivity index (χ4v) is 2.28. The maximum atomic E-state index is 9.85. The Morgan fingerprint density at radius 3 is 2.24 bits per heavy atom. The molecule has 2 aromatic carbocycles. The van der Waals surface area contributed by atoms with Crippen LogP contribution in [0.5, 0.6) is 5.75 Å². The van der Waals surface area contributed by atoms with E-state index in [1.54, 1.807) is 12.1 Å². The molecule has 0 unspecified atom stereocenters. The van der Waals surface area contributed by atoms with Crippen molar-refractivity contribution in [3.63, 3.8) is 0 Å². The molecule has 0 atom stereocenters. The number of benzene rings is 2.